The highest BCUT2D eigenvalue weighted by molar-refractivity contribution is 5.82. The minimum Gasteiger partial charge on any atom is -0.393 e. The second kappa shape index (κ2) is 4.75. The highest BCUT2D eigenvalue weighted by atomic mass is 16.3. The Kier molecular flexibility index (Phi) is 3.89. The van der Waals surface area contributed by atoms with Crippen LogP contribution in [0.2, 0.25) is 0 Å². The van der Waals surface area contributed by atoms with E-state index in [-0.39, 0.29) is 17.9 Å². The molecule has 4 nitrogen and oxygen atoms in total. The Morgan fingerprint density at radius 1 is 1.43 bits per heavy atom. The van der Waals surface area contributed by atoms with Gasteiger partial charge in [0.1, 0.15) is 0 Å². The maximum Gasteiger partial charge on any atom is 0.239 e. The molecule has 1 atom stereocenters. The fourth-order valence-electron chi connectivity index (χ4n) is 1.58. The van der Waals surface area contributed by atoms with E-state index >= 15 is 0 Å². The molecule has 0 aromatic rings. The molecule has 1 saturated heterocycles. The molecule has 1 aliphatic heterocycles. The monoisotopic (exact) mass is 200 g/mol. The van der Waals surface area contributed by atoms with Crippen LogP contribution in [0.3, 0.4) is 0 Å². The molecule has 14 heavy (non-hydrogen) atoms. The van der Waals surface area contributed by atoms with Gasteiger partial charge in [-0.25, -0.2) is 0 Å². The van der Waals surface area contributed by atoms with Crippen molar-refractivity contribution in [3.05, 3.63) is 0 Å². The van der Waals surface area contributed by atoms with Crippen LogP contribution < -0.4 is 5.73 Å². The Morgan fingerprint density at radius 2 is 1.93 bits per heavy atom. The lowest BCUT2D eigenvalue weighted by Crippen LogP contribution is -2.49. The normalized spacial score (nSPS) is 21.4. The molecule has 0 unspecified atom stereocenters. The van der Waals surface area contributed by atoms with Crippen molar-refractivity contribution in [2.45, 2.75) is 38.8 Å². The van der Waals surface area contributed by atoms with Gasteiger partial charge in [0.2, 0.25) is 5.91 Å². The predicted octanol–water partition coefficient (Wildman–Crippen LogP) is -0.0470. The number of carbonyl (C=O) groups is 1. The predicted molar refractivity (Wildman–Crippen MR) is 54.6 cm³/mol. The molecule has 0 bridgehead atoms. The Labute approximate surface area is 85.1 Å². The van der Waals surface area contributed by atoms with E-state index in [0.717, 1.165) is 0 Å². The van der Waals surface area contributed by atoms with Crippen molar-refractivity contribution in [1.29, 1.82) is 0 Å². The SMILES string of the molecule is CC(C)[C@@H](N)C(=O)N1CCC(O)CC1. The van der Waals surface area contributed by atoms with Crippen molar-refractivity contribution < 1.29 is 9.90 Å². The molecule has 0 aromatic carbocycles. The molecule has 3 N–H and O–H groups in total. The first-order valence-electron chi connectivity index (χ1n) is 5.24. The molecule has 4 heteroatoms. The number of piperidine rings is 1. The largest absolute Gasteiger partial charge is 0.393 e. The number of aliphatic hydroxyl groups is 1. The Balaban J connectivity index is 2.45. The molecule has 1 fully saturated rings. The van der Waals surface area contributed by atoms with Crippen LogP contribution in [0, 0.1) is 5.92 Å². The molecule has 0 saturated carbocycles. The van der Waals surface area contributed by atoms with Crippen LogP contribution in [0.4, 0.5) is 0 Å². The molecule has 1 heterocycles. The summed E-state index contributed by atoms with van der Waals surface area (Å²) in [7, 11) is 0. The summed E-state index contributed by atoms with van der Waals surface area (Å²) >= 11 is 0. The summed E-state index contributed by atoms with van der Waals surface area (Å²) < 4.78 is 0. The Morgan fingerprint density at radius 3 is 2.36 bits per heavy atom. The zero-order chi connectivity index (χ0) is 10.7. The summed E-state index contributed by atoms with van der Waals surface area (Å²) in [6.45, 7) is 5.17. The lowest BCUT2D eigenvalue weighted by Gasteiger charge is -2.32. The van der Waals surface area contributed by atoms with Crippen LogP contribution in [0.25, 0.3) is 0 Å². The molecule has 1 aliphatic rings. The van der Waals surface area contributed by atoms with E-state index in [0.29, 0.717) is 25.9 Å². The fourth-order valence-corrected chi connectivity index (χ4v) is 1.58. The number of rotatable bonds is 2. The number of amides is 1. The molecule has 0 radical (unpaired) electrons. The van der Waals surface area contributed by atoms with E-state index in [9.17, 15) is 9.90 Å². The van der Waals surface area contributed by atoms with Gasteiger partial charge in [0.25, 0.3) is 0 Å². The van der Waals surface area contributed by atoms with Gasteiger partial charge in [-0.1, -0.05) is 13.8 Å². The third-order valence-electron chi connectivity index (χ3n) is 2.78. The van der Waals surface area contributed by atoms with Crippen molar-refractivity contribution >= 4 is 5.91 Å². The average molecular weight is 200 g/mol. The molecule has 0 spiro atoms. The number of likely N-dealkylation sites (tertiary alicyclic amines) is 1. The standard InChI is InChI=1S/C10H20N2O2/c1-7(2)9(11)10(14)12-5-3-8(13)4-6-12/h7-9,13H,3-6,11H2,1-2H3/t9-/m1/s1. The highest BCUT2D eigenvalue weighted by Gasteiger charge is 2.26. The number of nitrogens with two attached hydrogens (primary N) is 1. The molecule has 1 amide bonds. The number of aliphatic hydroxyl groups excluding tert-OH is 1. The van der Waals surface area contributed by atoms with Gasteiger partial charge in [-0.2, -0.15) is 0 Å². The average Bonchev–Trinajstić information content (AvgIpc) is 2.16. The van der Waals surface area contributed by atoms with Crippen molar-refractivity contribution in [3.63, 3.8) is 0 Å². The van der Waals surface area contributed by atoms with Gasteiger partial charge in [-0.05, 0) is 18.8 Å². The van der Waals surface area contributed by atoms with Crippen LogP contribution in [0.15, 0.2) is 0 Å². The van der Waals surface area contributed by atoms with E-state index in [1.807, 2.05) is 13.8 Å². The molecule has 0 aliphatic carbocycles. The maximum atomic E-state index is 11.8. The maximum absolute atomic E-state index is 11.8. The van der Waals surface area contributed by atoms with Gasteiger partial charge in [0.05, 0.1) is 12.1 Å². The van der Waals surface area contributed by atoms with E-state index < -0.39 is 6.04 Å². The van der Waals surface area contributed by atoms with Crippen LogP contribution in [0.1, 0.15) is 26.7 Å². The Hall–Kier alpha value is -0.610. The van der Waals surface area contributed by atoms with Gasteiger partial charge >= 0.3 is 0 Å². The molecular formula is C10H20N2O2. The Bertz CT molecular complexity index is 198. The van der Waals surface area contributed by atoms with Crippen molar-refractivity contribution in [2.24, 2.45) is 11.7 Å². The first-order chi connectivity index (χ1) is 6.52. The van der Waals surface area contributed by atoms with Gasteiger partial charge in [-0.3, -0.25) is 4.79 Å². The lowest BCUT2D eigenvalue weighted by molar-refractivity contribution is -0.135. The summed E-state index contributed by atoms with van der Waals surface area (Å²) in [5.41, 5.74) is 5.77. The zero-order valence-electron chi connectivity index (χ0n) is 8.94. The molecule has 82 valence electrons. The number of hydrogen-bond acceptors (Lipinski definition) is 3. The highest BCUT2D eigenvalue weighted by Crippen LogP contribution is 2.12. The van der Waals surface area contributed by atoms with Crippen molar-refractivity contribution in [2.75, 3.05) is 13.1 Å². The van der Waals surface area contributed by atoms with Crippen LogP contribution in [-0.4, -0.2) is 41.1 Å². The van der Waals surface area contributed by atoms with Crippen molar-refractivity contribution in [1.82, 2.24) is 4.90 Å². The van der Waals surface area contributed by atoms with Crippen molar-refractivity contribution in [3.8, 4) is 0 Å². The first-order valence-corrected chi connectivity index (χ1v) is 5.24. The summed E-state index contributed by atoms with van der Waals surface area (Å²) in [4.78, 5) is 13.5. The van der Waals surface area contributed by atoms with E-state index in [2.05, 4.69) is 0 Å². The van der Waals surface area contributed by atoms with Gasteiger partial charge < -0.3 is 15.7 Å². The second-order valence-corrected chi connectivity index (χ2v) is 4.33. The third-order valence-corrected chi connectivity index (χ3v) is 2.78. The summed E-state index contributed by atoms with van der Waals surface area (Å²) in [6, 6.07) is -0.398. The van der Waals surface area contributed by atoms with E-state index in [1.54, 1.807) is 4.90 Å². The summed E-state index contributed by atoms with van der Waals surface area (Å²) in [5.74, 6) is 0.196. The molecule has 0 aromatic heterocycles. The smallest absolute Gasteiger partial charge is 0.239 e. The zero-order valence-corrected chi connectivity index (χ0v) is 8.94. The van der Waals surface area contributed by atoms with E-state index in [1.165, 1.54) is 0 Å². The van der Waals surface area contributed by atoms with Gasteiger partial charge in [0, 0.05) is 13.1 Å². The van der Waals surface area contributed by atoms with Crippen LogP contribution >= 0.6 is 0 Å². The number of hydrogen-bond donors (Lipinski definition) is 2. The minimum absolute atomic E-state index is 0.0203. The lowest BCUT2D eigenvalue weighted by atomic mass is 10.0. The van der Waals surface area contributed by atoms with Crippen LogP contribution in [0.5, 0.6) is 0 Å². The second-order valence-electron chi connectivity index (χ2n) is 4.33. The quantitative estimate of drug-likeness (QED) is 0.657. The van der Waals surface area contributed by atoms with Crippen LogP contribution in [-0.2, 0) is 4.79 Å². The summed E-state index contributed by atoms with van der Waals surface area (Å²) in [6.07, 6.45) is 1.11. The van der Waals surface area contributed by atoms with Gasteiger partial charge in [0.15, 0.2) is 0 Å². The first kappa shape index (κ1) is 11.5. The number of carbonyl (C=O) groups excluding carboxylic acids is 1. The summed E-state index contributed by atoms with van der Waals surface area (Å²) in [5, 5.41) is 9.29. The third kappa shape index (κ3) is 2.69. The number of nitrogens with zero attached hydrogens (tertiary/aromatic N) is 1. The molecular weight excluding hydrogens is 180 g/mol. The molecule has 1 rings (SSSR count). The fraction of sp³-hybridized carbons (Fsp3) is 0.900. The van der Waals surface area contributed by atoms with E-state index in [4.69, 9.17) is 5.73 Å². The topological polar surface area (TPSA) is 66.6 Å². The minimum atomic E-state index is -0.398. The van der Waals surface area contributed by atoms with Gasteiger partial charge in [-0.15, -0.1) is 0 Å².